The zero-order valence-electron chi connectivity index (χ0n) is 16.6. The van der Waals surface area contributed by atoms with Crippen LogP contribution in [0.1, 0.15) is 36.5 Å². The molecule has 1 atom stereocenters. The Bertz CT molecular complexity index is 831. The molecule has 150 valence electrons. The van der Waals surface area contributed by atoms with Gasteiger partial charge in [0, 0.05) is 48.9 Å². The highest BCUT2D eigenvalue weighted by Gasteiger charge is 2.26. The van der Waals surface area contributed by atoms with Crippen molar-refractivity contribution in [3.05, 3.63) is 51.9 Å². The molecule has 0 spiro atoms. The van der Waals surface area contributed by atoms with E-state index in [2.05, 4.69) is 16.8 Å². The second-order valence-corrected chi connectivity index (χ2v) is 8.20. The molecule has 1 saturated heterocycles. The number of piperazine rings is 1. The van der Waals surface area contributed by atoms with Gasteiger partial charge in [0.2, 0.25) is 5.91 Å². The summed E-state index contributed by atoms with van der Waals surface area (Å²) >= 11 is 12.0. The summed E-state index contributed by atoms with van der Waals surface area (Å²) in [4.78, 5) is 25.7. The van der Waals surface area contributed by atoms with Gasteiger partial charge in [-0.2, -0.15) is 0 Å². The van der Waals surface area contributed by atoms with Crippen LogP contribution in [0, 0.1) is 6.92 Å². The summed E-state index contributed by atoms with van der Waals surface area (Å²) < 4.78 is 0. The van der Waals surface area contributed by atoms with Crippen molar-refractivity contribution in [1.29, 1.82) is 0 Å². The number of carbonyl (C=O) groups excluding carboxylic acids is 1. The molecule has 28 heavy (non-hydrogen) atoms. The Hall–Kier alpha value is -1.85. The Morgan fingerprint density at radius 1 is 1.14 bits per heavy atom. The molecule has 1 aromatic carbocycles. The molecule has 1 fully saturated rings. The van der Waals surface area contributed by atoms with Crippen LogP contribution in [0.3, 0.4) is 0 Å². The van der Waals surface area contributed by atoms with Crippen molar-refractivity contribution in [2.75, 3.05) is 31.1 Å². The first-order chi connectivity index (χ1) is 13.4. The molecule has 0 radical (unpaired) electrons. The second-order valence-electron chi connectivity index (χ2n) is 7.10. The van der Waals surface area contributed by atoms with Crippen molar-refractivity contribution < 1.29 is 4.79 Å². The van der Waals surface area contributed by atoms with Crippen LogP contribution in [0.2, 0.25) is 5.02 Å². The van der Waals surface area contributed by atoms with Gasteiger partial charge in [-0.25, -0.2) is 9.97 Å². The smallest absolute Gasteiger partial charge is 0.240 e. The molecule has 5 nitrogen and oxygen atoms in total. The maximum Gasteiger partial charge on any atom is 0.240 e. The maximum atomic E-state index is 12.2. The summed E-state index contributed by atoms with van der Waals surface area (Å²) in [6, 6.07) is 7.91. The lowest BCUT2D eigenvalue weighted by Gasteiger charge is -2.37. The lowest BCUT2D eigenvalue weighted by molar-refractivity contribution is -0.130. The predicted molar refractivity (Wildman–Crippen MR) is 115 cm³/mol. The fourth-order valence-electron chi connectivity index (χ4n) is 3.57. The number of nitrogens with zero attached hydrogens (tertiary/aromatic N) is 4. The molecule has 2 heterocycles. The number of amides is 1. The Morgan fingerprint density at radius 2 is 1.79 bits per heavy atom. The monoisotopic (exact) mass is 420 g/mol. The van der Waals surface area contributed by atoms with Crippen LogP contribution in [0.4, 0.5) is 5.82 Å². The second kappa shape index (κ2) is 9.10. The van der Waals surface area contributed by atoms with Crippen LogP contribution < -0.4 is 4.90 Å². The standard InChI is InChI=1S/C21H26Cl2N4O/c1-4-19-18(13-16-5-7-17(23)8-6-16)20(25-15(3)24-19)26-9-11-27(12-10-26)21(28)14(2)22/h5-8,14H,4,9-13H2,1-3H3. The third-order valence-electron chi connectivity index (χ3n) is 5.04. The zero-order chi connectivity index (χ0) is 20.3. The summed E-state index contributed by atoms with van der Waals surface area (Å²) in [5.74, 6) is 1.75. The van der Waals surface area contributed by atoms with E-state index in [4.69, 9.17) is 28.2 Å². The Labute approximate surface area is 176 Å². The minimum Gasteiger partial charge on any atom is -0.353 e. The number of hydrogen-bond acceptors (Lipinski definition) is 4. The van der Waals surface area contributed by atoms with Crippen molar-refractivity contribution in [2.24, 2.45) is 0 Å². The van der Waals surface area contributed by atoms with Gasteiger partial charge >= 0.3 is 0 Å². The van der Waals surface area contributed by atoms with Crippen LogP contribution in [0.15, 0.2) is 24.3 Å². The van der Waals surface area contributed by atoms with Gasteiger partial charge in [0.25, 0.3) is 0 Å². The number of aromatic nitrogens is 2. The summed E-state index contributed by atoms with van der Waals surface area (Å²) in [5.41, 5.74) is 3.41. The first-order valence-electron chi connectivity index (χ1n) is 9.67. The molecule has 1 aliphatic heterocycles. The van der Waals surface area contributed by atoms with Gasteiger partial charge in [0.05, 0.1) is 0 Å². The van der Waals surface area contributed by atoms with E-state index in [0.717, 1.165) is 53.9 Å². The van der Waals surface area contributed by atoms with Crippen LogP contribution in [-0.2, 0) is 17.6 Å². The fraction of sp³-hybridized carbons (Fsp3) is 0.476. The maximum absolute atomic E-state index is 12.2. The lowest BCUT2D eigenvalue weighted by atomic mass is 10.0. The quantitative estimate of drug-likeness (QED) is 0.688. The number of anilines is 1. The molecule has 1 aromatic heterocycles. The normalized spacial score (nSPS) is 15.6. The third kappa shape index (κ3) is 4.76. The topological polar surface area (TPSA) is 49.3 Å². The SMILES string of the molecule is CCc1nc(C)nc(N2CCN(C(=O)C(C)Cl)CC2)c1Cc1ccc(Cl)cc1. The van der Waals surface area contributed by atoms with Crippen molar-refractivity contribution in [3.63, 3.8) is 0 Å². The average Bonchev–Trinajstić information content (AvgIpc) is 2.70. The molecular weight excluding hydrogens is 395 g/mol. The molecule has 2 aromatic rings. The Kier molecular flexibility index (Phi) is 6.78. The number of aryl methyl sites for hydroxylation is 2. The number of rotatable bonds is 5. The Morgan fingerprint density at radius 3 is 2.36 bits per heavy atom. The zero-order valence-corrected chi connectivity index (χ0v) is 18.1. The number of halogens is 2. The van der Waals surface area contributed by atoms with Gasteiger partial charge in [0.15, 0.2) is 0 Å². The summed E-state index contributed by atoms with van der Waals surface area (Å²) in [6.07, 6.45) is 1.61. The minimum absolute atomic E-state index is 0.00387. The molecular formula is C21H26Cl2N4O. The van der Waals surface area contributed by atoms with Gasteiger partial charge in [-0.05, 0) is 38.0 Å². The first-order valence-corrected chi connectivity index (χ1v) is 10.5. The predicted octanol–water partition coefficient (Wildman–Crippen LogP) is 3.87. The van der Waals surface area contributed by atoms with Gasteiger partial charge in [-0.3, -0.25) is 4.79 Å². The van der Waals surface area contributed by atoms with E-state index in [1.807, 2.05) is 36.1 Å². The van der Waals surface area contributed by atoms with E-state index in [-0.39, 0.29) is 5.91 Å². The third-order valence-corrected chi connectivity index (χ3v) is 5.48. The highest BCUT2D eigenvalue weighted by molar-refractivity contribution is 6.30. The van der Waals surface area contributed by atoms with E-state index in [1.54, 1.807) is 6.92 Å². The van der Waals surface area contributed by atoms with Crippen molar-refractivity contribution in [2.45, 2.75) is 39.0 Å². The molecule has 1 unspecified atom stereocenters. The van der Waals surface area contributed by atoms with E-state index in [0.29, 0.717) is 13.1 Å². The Balaban J connectivity index is 1.87. The molecule has 1 amide bonds. The molecule has 0 bridgehead atoms. The van der Waals surface area contributed by atoms with Gasteiger partial charge < -0.3 is 9.80 Å². The van der Waals surface area contributed by atoms with Crippen molar-refractivity contribution >= 4 is 34.9 Å². The summed E-state index contributed by atoms with van der Waals surface area (Å²) in [6.45, 7) is 8.56. The fourth-order valence-corrected chi connectivity index (χ4v) is 3.83. The van der Waals surface area contributed by atoms with Gasteiger partial charge in [-0.15, -0.1) is 11.6 Å². The highest BCUT2D eigenvalue weighted by Crippen LogP contribution is 2.26. The number of carbonyl (C=O) groups is 1. The van der Waals surface area contributed by atoms with Gasteiger partial charge in [-0.1, -0.05) is 30.7 Å². The van der Waals surface area contributed by atoms with Crippen molar-refractivity contribution in [1.82, 2.24) is 14.9 Å². The molecule has 7 heteroatoms. The number of alkyl halides is 1. The molecule has 3 rings (SSSR count). The van der Waals surface area contributed by atoms with Crippen LogP contribution in [0.5, 0.6) is 0 Å². The van der Waals surface area contributed by atoms with Gasteiger partial charge in [0.1, 0.15) is 17.0 Å². The summed E-state index contributed by atoms with van der Waals surface area (Å²) in [7, 11) is 0. The lowest BCUT2D eigenvalue weighted by Crippen LogP contribution is -2.51. The minimum atomic E-state index is -0.486. The number of hydrogen-bond donors (Lipinski definition) is 0. The van der Waals surface area contributed by atoms with Crippen molar-refractivity contribution in [3.8, 4) is 0 Å². The molecule has 1 aliphatic rings. The molecule has 0 aliphatic carbocycles. The van der Waals surface area contributed by atoms with Crippen LogP contribution in [-0.4, -0.2) is 52.3 Å². The highest BCUT2D eigenvalue weighted by atomic mass is 35.5. The average molecular weight is 421 g/mol. The number of benzene rings is 1. The van der Waals surface area contributed by atoms with E-state index < -0.39 is 5.38 Å². The van der Waals surface area contributed by atoms with E-state index in [1.165, 1.54) is 5.56 Å². The molecule has 0 N–H and O–H groups in total. The molecule has 0 saturated carbocycles. The summed E-state index contributed by atoms with van der Waals surface area (Å²) in [5, 5.41) is 0.245. The van der Waals surface area contributed by atoms with Crippen LogP contribution >= 0.6 is 23.2 Å². The van der Waals surface area contributed by atoms with Crippen LogP contribution in [0.25, 0.3) is 0 Å². The van der Waals surface area contributed by atoms with E-state index in [9.17, 15) is 4.79 Å². The largest absolute Gasteiger partial charge is 0.353 e. The first kappa shape index (κ1) is 20.9. The van der Waals surface area contributed by atoms with E-state index >= 15 is 0 Å².